The highest BCUT2D eigenvalue weighted by Crippen LogP contribution is 2.19. The second kappa shape index (κ2) is 7.61. The molecular weight excluding hydrogens is 262 g/mol. The number of hydrogen-bond acceptors (Lipinski definition) is 2. The van der Waals surface area contributed by atoms with Gasteiger partial charge >= 0.3 is 0 Å². The largest absolute Gasteiger partial charge is 0.314 e. The molecule has 0 bridgehead atoms. The van der Waals surface area contributed by atoms with Gasteiger partial charge in [-0.05, 0) is 50.4 Å². The first-order valence-corrected chi connectivity index (χ1v) is 8.39. The van der Waals surface area contributed by atoms with Crippen molar-refractivity contribution in [2.24, 2.45) is 0 Å². The van der Waals surface area contributed by atoms with Gasteiger partial charge in [-0.3, -0.25) is 0 Å². The molecule has 1 heterocycles. The van der Waals surface area contributed by atoms with Gasteiger partial charge in [0.1, 0.15) is 0 Å². The van der Waals surface area contributed by atoms with Gasteiger partial charge in [0.05, 0.1) is 0 Å². The third-order valence-electron chi connectivity index (χ3n) is 3.61. The lowest BCUT2D eigenvalue weighted by Crippen LogP contribution is -2.32. The Morgan fingerprint density at radius 2 is 1.65 bits per heavy atom. The Hall–Kier alpha value is -1.12. The molecule has 0 radical (unpaired) electrons. The maximum atomic E-state index is 3.63. The summed E-state index contributed by atoms with van der Waals surface area (Å²) in [6.45, 7) is 7.59. The number of aryl methyl sites for hydroxylation is 2. The zero-order valence-electron chi connectivity index (χ0n) is 12.8. The van der Waals surface area contributed by atoms with Crippen molar-refractivity contribution >= 4 is 11.3 Å². The van der Waals surface area contributed by atoms with Crippen LogP contribution in [0.25, 0.3) is 0 Å². The van der Waals surface area contributed by atoms with E-state index >= 15 is 0 Å². The van der Waals surface area contributed by atoms with Crippen molar-refractivity contribution < 1.29 is 0 Å². The van der Waals surface area contributed by atoms with E-state index in [-0.39, 0.29) is 0 Å². The van der Waals surface area contributed by atoms with E-state index in [1.165, 1.54) is 20.9 Å². The second-order valence-corrected chi connectivity index (χ2v) is 6.62. The maximum Gasteiger partial charge on any atom is 0.0156 e. The van der Waals surface area contributed by atoms with Gasteiger partial charge in [0.15, 0.2) is 0 Å². The molecular formula is C18H25NS. The molecule has 0 amide bonds. The second-order valence-electron chi connectivity index (χ2n) is 5.37. The summed E-state index contributed by atoms with van der Waals surface area (Å²) in [4.78, 5) is 2.99. The van der Waals surface area contributed by atoms with Crippen LogP contribution >= 0.6 is 11.3 Å². The molecule has 0 aliphatic heterocycles. The maximum absolute atomic E-state index is 3.63. The molecule has 1 unspecified atom stereocenters. The van der Waals surface area contributed by atoms with E-state index in [2.05, 4.69) is 62.5 Å². The molecule has 20 heavy (non-hydrogen) atoms. The van der Waals surface area contributed by atoms with E-state index < -0.39 is 0 Å². The van der Waals surface area contributed by atoms with Crippen LogP contribution in [0.15, 0.2) is 36.4 Å². The average molecular weight is 287 g/mol. The highest BCUT2D eigenvalue weighted by atomic mass is 32.1. The predicted octanol–water partition coefficient (Wildman–Crippen LogP) is 4.38. The third-order valence-corrected chi connectivity index (χ3v) is 4.86. The summed E-state index contributed by atoms with van der Waals surface area (Å²) in [7, 11) is 0. The van der Waals surface area contributed by atoms with E-state index in [0.717, 1.165) is 25.8 Å². The third kappa shape index (κ3) is 4.46. The fourth-order valence-electron chi connectivity index (χ4n) is 2.48. The number of likely N-dealkylation sites (N-methyl/N-ethyl adjacent to an activating group) is 1. The van der Waals surface area contributed by atoms with Crippen molar-refractivity contribution in [1.82, 2.24) is 5.32 Å². The first kappa shape index (κ1) is 15.3. The van der Waals surface area contributed by atoms with Crippen molar-refractivity contribution in [3.63, 3.8) is 0 Å². The summed E-state index contributed by atoms with van der Waals surface area (Å²) in [6.07, 6.45) is 3.38. The van der Waals surface area contributed by atoms with Gasteiger partial charge in [-0.15, -0.1) is 11.3 Å². The number of rotatable bonds is 7. The van der Waals surface area contributed by atoms with Crippen LogP contribution in [0.1, 0.15) is 34.7 Å². The Labute approximate surface area is 127 Å². The predicted molar refractivity (Wildman–Crippen MR) is 89.7 cm³/mol. The van der Waals surface area contributed by atoms with Crippen molar-refractivity contribution in [3.8, 4) is 0 Å². The minimum absolute atomic E-state index is 0.533. The van der Waals surface area contributed by atoms with E-state index in [0.29, 0.717) is 6.04 Å². The van der Waals surface area contributed by atoms with Gasteiger partial charge in [0, 0.05) is 15.8 Å². The first-order valence-electron chi connectivity index (χ1n) is 7.57. The number of thiophene rings is 1. The van der Waals surface area contributed by atoms with Crippen molar-refractivity contribution in [2.45, 2.75) is 46.1 Å². The van der Waals surface area contributed by atoms with Crippen LogP contribution in [-0.4, -0.2) is 12.6 Å². The minimum atomic E-state index is 0.533. The SMILES string of the molecule is CCNC(Cc1ccc(C)cc1)Cc1ccc(CC)s1. The number of nitrogens with one attached hydrogen (secondary N) is 1. The molecule has 1 atom stereocenters. The van der Waals surface area contributed by atoms with E-state index in [4.69, 9.17) is 0 Å². The highest BCUT2D eigenvalue weighted by Gasteiger charge is 2.11. The quantitative estimate of drug-likeness (QED) is 0.797. The van der Waals surface area contributed by atoms with Crippen LogP contribution in [0.2, 0.25) is 0 Å². The molecule has 108 valence electrons. The lowest BCUT2D eigenvalue weighted by atomic mass is 10.0. The van der Waals surface area contributed by atoms with Gasteiger partial charge in [0.25, 0.3) is 0 Å². The van der Waals surface area contributed by atoms with Crippen molar-refractivity contribution in [2.75, 3.05) is 6.54 Å². The molecule has 1 aromatic carbocycles. The normalized spacial score (nSPS) is 12.6. The molecule has 1 nitrogen and oxygen atoms in total. The van der Waals surface area contributed by atoms with E-state index in [1.54, 1.807) is 0 Å². The Kier molecular flexibility index (Phi) is 5.81. The summed E-state index contributed by atoms with van der Waals surface area (Å²) in [5.74, 6) is 0. The van der Waals surface area contributed by atoms with Gasteiger partial charge in [-0.1, -0.05) is 43.7 Å². The summed E-state index contributed by atoms with van der Waals surface area (Å²) >= 11 is 1.96. The first-order chi connectivity index (χ1) is 9.71. The van der Waals surface area contributed by atoms with E-state index in [9.17, 15) is 0 Å². The fourth-order valence-corrected chi connectivity index (χ4v) is 3.52. The Balaban J connectivity index is 2.00. The molecule has 1 N–H and O–H groups in total. The highest BCUT2D eigenvalue weighted by molar-refractivity contribution is 7.11. The molecule has 0 aliphatic rings. The van der Waals surface area contributed by atoms with Crippen LogP contribution in [0.4, 0.5) is 0 Å². The van der Waals surface area contributed by atoms with Crippen LogP contribution in [0.3, 0.4) is 0 Å². The minimum Gasteiger partial charge on any atom is -0.314 e. The molecule has 0 saturated carbocycles. The average Bonchev–Trinajstić information content (AvgIpc) is 2.89. The zero-order valence-corrected chi connectivity index (χ0v) is 13.6. The van der Waals surface area contributed by atoms with Gasteiger partial charge in [0.2, 0.25) is 0 Å². The standard InChI is InChI=1S/C18H25NS/c1-4-17-10-11-18(20-17)13-16(19-5-2)12-15-8-6-14(3)7-9-15/h6-11,16,19H,4-5,12-13H2,1-3H3. The molecule has 2 aromatic rings. The van der Waals surface area contributed by atoms with Crippen molar-refractivity contribution in [3.05, 3.63) is 57.3 Å². The van der Waals surface area contributed by atoms with Crippen LogP contribution in [-0.2, 0) is 19.3 Å². The summed E-state index contributed by atoms with van der Waals surface area (Å²) in [6, 6.07) is 14.0. The van der Waals surface area contributed by atoms with Crippen molar-refractivity contribution in [1.29, 1.82) is 0 Å². The monoisotopic (exact) mass is 287 g/mol. The Morgan fingerprint density at radius 3 is 2.25 bits per heavy atom. The zero-order chi connectivity index (χ0) is 14.4. The summed E-state index contributed by atoms with van der Waals surface area (Å²) in [5.41, 5.74) is 2.76. The Morgan fingerprint density at radius 1 is 0.950 bits per heavy atom. The smallest absolute Gasteiger partial charge is 0.0156 e. The lowest BCUT2D eigenvalue weighted by Gasteiger charge is -2.17. The van der Waals surface area contributed by atoms with Crippen LogP contribution in [0, 0.1) is 6.92 Å². The topological polar surface area (TPSA) is 12.0 Å². The summed E-state index contributed by atoms with van der Waals surface area (Å²) < 4.78 is 0. The molecule has 1 aromatic heterocycles. The molecule has 0 aliphatic carbocycles. The summed E-state index contributed by atoms with van der Waals surface area (Å²) in [5, 5.41) is 3.63. The van der Waals surface area contributed by atoms with Gasteiger partial charge in [-0.25, -0.2) is 0 Å². The fraction of sp³-hybridized carbons (Fsp3) is 0.444. The number of benzene rings is 1. The molecule has 2 rings (SSSR count). The van der Waals surface area contributed by atoms with Crippen LogP contribution < -0.4 is 5.32 Å². The number of hydrogen-bond donors (Lipinski definition) is 1. The van der Waals surface area contributed by atoms with E-state index in [1.807, 2.05) is 11.3 Å². The Bertz CT molecular complexity index is 512. The van der Waals surface area contributed by atoms with Gasteiger partial charge in [-0.2, -0.15) is 0 Å². The van der Waals surface area contributed by atoms with Gasteiger partial charge < -0.3 is 5.32 Å². The molecule has 0 spiro atoms. The van der Waals surface area contributed by atoms with Crippen LogP contribution in [0.5, 0.6) is 0 Å². The lowest BCUT2D eigenvalue weighted by molar-refractivity contribution is 0.524. The molecule has 0 saturated heterocycles. The molecule has 2 heteroatoms. The molecule has 0 fully saturated rings.